The van der Waals surface area contributed by atoms with E-state index in [-0.39, 0.29) is 45.9 Å². The minimum atomic E-state index is -4.24. The molecular weight excluding hydrogens is 489 g/mol. The molecule has 0 saturated heterocycles. The molecule has 0 fully saturated rings. The molecule has 1 aliphatic heterocycles. The van der Waals surface area contributed by atoms with E-state index in [4.69, 9.17) is 21.1 Å². The second-order valence-electron chi connectivity index (χ2n) is 8.54. The third-order valence-corrected chi connectivity index (χ3v) is 6.77. The molecule has 3 rings (SSSR count). The number of nitrogens with zero attached hydrogens (tertiary/aromatic N) is 1. The second-order valence-corrected chi connectivity index (χ2v) is 10.8. The number of anilines is 2. The average Bonchev–Trinajstić information content (AvgIpc) is 2.73. The number of benzene rings is 2. The van der Waals surface area contributed by atoms with Crippen molar-refractivity contribution in [3.05, 3.63) is 47.2 Å². The number of nitrogens with one attached hydrogen (secondary N) is 2. The maximum absolute atomic E-state index is 13.6. The average molecular weight is 514 g/mol. The third-order valence-electron chi connectivity index (χ3n) is 4.71. The summed E-state index contributed by atoms with van der Waals surface area (Å²) in [5, 5.41) is 4.68. The molecule has 2 amide bonds. The number of fused-ring (bicyclic) bond motifs is 1. The minimum absolute atomic E-state index is 0.0932. The lowest BCUT2D eigenvalue weighted by molar-refractivity contribution is -0.122. The molecule has 34 heavy (non-hydrogen) atoms. The summed E-state index contributed by atoms with van der Waals surface area (Å²) in [7, 11) is -2.78. The van der Waals surface area contributed by atoms with Gasteiger partial charge in [0.15, 0.2) is 0 Å². The van der Waals surface area contributed by atoms with Crippen LogP contribution in [0, 0.1) is 5.82 Å². The molecule has 1 unspecified atom stereocenters. The monoisotopic (exact) mass is 513 g/mol. The smallest absolute Gasteiger partial charge is 0.412 e. The number of halogens is 2. The van der Waals surface area contributed by atoms with Crippen molar-refractivity contribution >= 4 is 45.0 Å². The Morgan fingerprint density at radius 3 is 2.56 bits per heavy atom. The summed E-state index contributed by atoms with van der Waals surface area (Å²) in [5.74, 6) is -0.908. The van der Waals surface area contributed by atoms with Gasteiger partial charge in [0.1, 0.15) is 23.3 Å². The van der Waals surface area contributed by atoms with Gasteiger partial charge in [-0.15, -0.1) is 0 Å². The topological polar surface area (TPSA) is 114 Å². The minimum Gasteiger partial charge on any atom is -0.486 e. The molecule has 0 aliphatic carbocycles. The predicted molar refractivity (Wildman–Crippen MR) is 125 cm³/mol. The number of hydrogen-bond donors (Lipinski definition) is 2. The fourth-order valence-corrected chi connectivity index (χ4v) is 4.99. The van der Waals surface area contributed by atoms with Crippen molar-refractivity contribution in [2.45, 2.75) is 43.8 Å². The fourth-order valence-electron chi connectivity index (χ4n) is 3.22. The van der Waals surface area contributed by atoms with Crippen LogP contribution in [0.1, 0.15) is 27.2 Å². The molecule has 9 nitrogen and oxygen atoms in total. The first kappa shape index (κ1) is 25.6. The van der Waals surface area contributed by atoms with Crippen LogP contribution >= 0.6 is 11.6 Å². The van der Waals surface area contributed by atoms with E-state index in [1.807, 2.05) is 0 Å². The van der Waals surface area contributed by atoms with Crippen molar-refractivity contribution in [3.63, 3.8) is 0 Å². The molecule has 0 spiro atoms. The summed E-state index contributed by atoms with van der Waals surface area (Å²) in [4.78, 5) is 23.9. The number of carbonyl (C=O) groups is 2. The highest BCUT2D eigenvalue weighted by Gasteiger charge is 2.36. The summed E-state index contributed by atoms with van der Waals surface area (Å²) in [5.41, 5.74) is -0.341. The molecule has 2 aromatic carbocycles. The lowest BCUT2D eigenvalue weighted by atomic mass is 10.1. The number of ether oxygens (including phenoxy) is 2. The first-order valence-corrected chi connectivity index (χ1v) is 12.1. The molecule has 0 saturated carbocycles. The number of carbonyl (C=O) groups excluding carboxylic acids is 2. The van der Waals surface area contributed by atoms with E-state index in [9.17, 15) is 22.4 Å². The maximum atomic E-state index is 13.6. The van der Waals surface area contributed by atoms with E-state index >= 15 is 0 Å². The van der Waals surface area contributed by atoms with Gasteiger partial charge in [0.25, 0.3) is 10.0 Å². The highest BCUT2D eigenvalue weighted by molar-refractivity contribution is 7.92. The largest absolute Gasteiger partial charge is 0.486 e. The Bertz CT molecular complexity index is 1220. The molecule has 1 atom stereocenters. The van der Waals surface area contributed by atoms with Gasteiger partial charge in [-0.05, 0) is 57.2 Å². The van der Waals surface area contributed by atoms with Crippen LogP contribution in [0.4, 0.5) is 20.6 Å². The molecule has 0 radical (unpaired) electrons. The Kier molecular flexibility index (Phi) is 7.27. The van der Waals surface area contributed by atoms with Crippen LogP contribution in [0.15, 0.2) is 41.3 Å². The standard InChI is InChI=1S/C22H25ClFN3O6S/c1-22(2,3)33-21(29)26-13-5-8-19-18(9-13)27(12-14(32-19)10-20(28)25-4)34(30,31)15-6-7-17(24)16(23)11-15/h5-9,11,14H,10,12H2,1-4H3,(H,25,28)(H,26,29). The van der Waals surface area contributed by atoms with Gasteiger partial charge >= 0.3 is 6.09 Å². The van der Waals surface area contributed by atoms with Crippen LogP contribution in [-0.4, -0.2) is 45.7 Å². The van der Waals surface area contributed by atoms with Crippen molar-refractivity contribution < 1.29 is 31.9 Å². The van der Waals surface area contributed by atoms with E-state index in [0.717, 1.165) is 22.5 Å². The van der Waals surface area contributed by atoms with Gasteiger partial charge in [-0.1, -0.05) is 11.6 Å². The Morgan fingerprint density at radius 1 is 1.24 bits per heavy atom. The number of hydrogen-bond acceptors (Lipinski definition) is 6. The highest BCUT2D eigenvalue weighted by atomic mass is 35.5. The molecule has 1 heterocycles. The molecular formula is C22H25ClFN3O6S. The maximum Gasteiger partial charge on any atom is 0.412 e. The second kappa shape index (κ2) is 9.67. The van der Waals surface area contributed by atoms with Gasteiger partial charge in [0.05, 0.1) is 28.6 Å². The van der Waals surface area contributed by atoms with Crippen LogP contribution in [0.3, 0.4) is 0 Å². The molecule has 1 aliphatic rings. The first-order chi connectivity index (χ1) is 15.8. The Balaban J connectivity index is 2.02. The normalized spacial score (nSPS) is 15.7. The third kappa shape index (κ3) is 5.89. The van der Waals surface area contributed by atoms with E-state index in [1.54, 1.807) is 20.8 Å². The summed E-state index contributed by atoms with van der Waals surface area (Å²) < 4.78 is 52.8. The SMILES string of the molecule is CNC(=O)CC1CN(S(=O)(=O)c2ccc(F)c(Cl)c2)c2cc(NC(=O)OC(C)(C)C)ccc2O1. The molecule has 0 aromatic heterocycles. The number of sulfonamides is 1. The van der Waals surface area contributed by atoms with Gasteiger partial charge in [-0.25, -0.2) is 17.6 Å². The van der Waals surface area contributed by atoms with E-state index < -0.39 is 33.6 Å². The van der Waals surface area contributed by atoms with E-state index in [2.05, 4.69) is 10.6 Å². The van der Waals surface area contributed by atoms with Gasteiger partial charge in [-0.2, -0.15) is 0 Å². The van der Waals surface area contributed by atoms with Crippen LogP contribution in [0.2, 0.25) is 5.02 Å². The van der Waals surface area contributed by atoms with Crippen LogP contribution in [0.25, 0.3) is 0 Å². The molecule has 2 N–H and O–H groups in total. The van der Waals surface area contributed by atoms with Crippen LogP contribution in [-0.2, 0) is 19.6 Å². The van der Waals surface area contributed by atoms with Crippen molar-refractivity contribution in [1.82, 2.24) is 5.32 Å². The fraction of sp³-hybridized carbons (Fsp3) is 0.364. The van der Waals surface area contributed by atoms with Gasteiger partial charge in [0.2, 0.25) is 5.91 Å². The van der Waals surface area contributed by atoms with Gasteiger partial charge in [0, 0.05) is 12.7 Å². The zero-order valence-electron chi connectivity index (χ0n) is 19.0. The summed E-state index contributed by atoms with van der Waals surface area (Å²) >= 11 is 5.81. The summed E-state index contributed by atoms with van der Waals surface area (Å²) in [6.45, 7) is 4.93. The van der Waals surface area contributed by atoms with Gasteiger partial charge < -0.3 is 14.8 Å². The van der Waals surface area contributed by atoms with Crippen molar-refractivity contribution in [3.8, 4) is 5.75 Å². The molecule has 12 heteroatoms. The first-order valence-electron chi connectivity index (χ1n) is 10.3. The van der Waals surface area contributed by atoms with Gasteiger partial charge in [-0.3, -0.25) is 14.4 Å². The zero-order chi connectivity index (χ0) is 25.3. The van der Waals surface area contributed by atoms with Crippen molar-refractivity contribution in [2.24, 2.45) is 0 Å². The van der Waals surface area contributed by atoms with Crippen molar-refractivity contribution in [2.75, 3.05) is 23.2 Å². The molecule has 184 valence electrons. The summed E-state index contributed by atoms with van der Waals surface area (Å²) in [6.07, 6.45) is -1.60. The predicted octanol–water partition coefficient (Wildman–Crippen LogP) is 3.92. The number of rotatable bonds is 5. The lowest BCUT2D eigenvalue weighted by Gasteiger charge is -2.35. The zero-order valence-corrected chi connectivity index (χ0v) is 20.6. The van der Waals surface area contributed by atoms with E-state index in [1.165, 1.54) is 25.2 Å². The Hall–Kier alpha value is -3.05. The van der Waals surface area contributed by atoms with Crippen LogP contribution < -0.4 is 19.7 Å². The molecule has 2 aromatic rings. The highest BCUT2D eigenvalue weighted by Crippen LogP contribution is 2.40. The Morgan fingerprint density at radius 2 is 1.94 bits per heavy atom. The quantitative estimate of drug-likeness (QED) is 0.626. The molecule has 0 bridgehead atoms. The number of amides is 2. The van der Waals surface area contributed by atoms with E-state index in [0.29, 0.717) is 0 Å². The Labute approximate surface area is 202 Å². The summed E-state index contributed by atoms with van der Waals surface area (Å²) in [6, 6.07) is 7.49. The van der Waals surface area contributed by atoms with Crippen LogP contribution in [0.5, 0.6) is 5.75 Å². The lowest BCUT2D eigenvalue weighted by Crippen LogP contribution is -2.45. The van der Waals surface area contributed by atoms with Crippen molar-refractivity contribution in [1.29, 1.82) is 0 Å².